The van der Waals surface area contributed by atoms with E-state index in [-0.39, 0.29) is 72.7 Å². The summed E-state index contributed by atoms with van der Waals surface area (Å²) in [4.78, 5) is 101. The van der Waals surface area contributed by atoms with Crippen LogP contribution >= 0.6 is 45.3 Å². The minimum Gasteiger partial charge on any atom is -0.457 e. The normalized spacial score (nSPS) is 14.8. The number of nitrogens with zero attached hydrogens (tertiary/aromatic N) is 6. The van der Waals surface area contributed by atoms with Gasteiger partial charge in [-0.25, -0.2) is 46.7 Å². The fraction of sp³-hybridized carbons (Fsp3) is 0.0833. The molecule has 26 heteroatoms. The zero-order valence-corrected chi connectivity index (χ0v) is 52.8. The molecule has 476 valence electrons. The van der Waals surface area contributed by atoms with E-state index in [0.717, 1.165) is 45.3 Å². The summed E-state index contributed by atoms with van der Waals surface area (Å²) in [6.07, 6.45) is 0. The van der Waals surface area contributed by atoms with Gasteiger partial charge in [0, 0.05) is 44.5 Å². The number of allylic oxidation sites excluding steroid dienone is 4. The maximum atomic E-state index is 15.6. The van der Waals surface area contributed by atoms with Gasteiger partial charge in [0.2, 0.25) is 11.6 Å². The van der Waals surface area contributed by atoms with Crippen molar-refractivity contribution in [2.24, 2.45) is 9.98 Å². The largest absolute Gasteiger partial charge is 0.457 e. The molecule has 4 aromatic heterocycles. The van der Waals surface area contributed by atoms with Crippen LogP contribution in [0, 0.1) is 68.6 Å². The number of halogens is 4. The number of carbonyl (C=O) groups excluding carboxylic acids is 6. The van der Waals surface area contributed by atoms with Gasteiger partial charge in [0.1, 0.15) is 83.3 Å². The van der Waals surface area contributed by atoms with Gasteiger partial charge in [-0.15, -0.1) is 45.3 Å². The van der Waals surface area contributed by atoms with Crippen LogP contribution in [0.25, 0.3) is 40.1 Å². The molecule has 18 nitrogen and oxygen atoms in total. The Hall–Kier alpha value is -12.3. The lowest BCUT2D eigenvalue weighted by Gasteiger charge is -2.33. The third-order valence-electron chi connectivity index (χ3n) is 16.0. The minimum absolute atomic E-state index is 0.0361. The van der Waals surface area contributed by atoms with Crippen molar-refractivity contribution in [2.75, 3.05) is 0 Å². The van der Waals surface area contributed by atoms with Crippen LogP contribution in [0.15, 0.2) is 179 Å². The molecule has 2 aliphatic carbocycles. The Morgan fingerprint density at radius 1 is 0.408 bits per heavy atom. The van der Waals surface area contributed by atoms with Gasteiger partial charge in [-0.05, 0) is 58.7 Å². The maximum Gasteiger partial charge on any atom is 0.367 e. The molecular weight excluding hydrogens is 1350 g/mol. The minimum atomic E-state index is -2.98. The van der Waals surface area contributed by atoms with Crippen molar-refractivity contribution in [1.82, 2.24) is 0 Å². The van der Waals surface area contributed by atoms with Crippen molar-refractivity contribution in [3.8, 4) is 55.3 Å². The van der Waals surface area contributed by atoms with Gasteiger partial charge in [0.25, 0.3) is 0 Å². The van der Waals surface area contributed by atoms with Crippen molar-refractivity contribution in [2.45, 2.75) is 37.6 Å². The highest BCUT2D eigenvalue weighted by atomic mass is 32.1. The van der Waals surface area contributed by atoms with Crippen molar-refractivity contribution >= 4 is 123 Å². The number of ether oxygens (including phenoxy) is 6. The van der Waals surface area contributed by atoms with E-state index in [1.165, 1.54) is 12.1 Å². The van der Waals surface area contributed by atoms with E-state index < -0.39 is 141 Å². The summed E-state index contributed by atoms with van der Waals surface area (Å²) in [6, 6.07) is 45.2. The SMILES string of the molecule is N#CC(C#N)=C1C(=Nc2cc3c(s2)-c2sc4c5c(sc4c2OC3(C(=O)OCc2ccccc2)C(=O)OCc2ccccc2)-c2sc(N=C3C(=O)c4cc(F)c(F)cc4C3=C(C#N)C#N)cc2C(C(=O)OCc2ccccc2)(C(=O)OCc2ccccc2)O5)C(=O)c2cc(F)c(F)cc21. The molecule has 0 bridgehead atoms. The van der Waals surface area contributed by atoms with Gasteiger partial charge in [-0.1, -0.05) is 121 Å². The monoisotopic (exact) mass is 1380 g/mol. The number of ketones is 2. The number of nitriles is 4. The van der Waals surface area contributed by atoms with Gasteiger partial charge in [-0.2, -0.15) is 21.0 Å². The van der Waals surface area contributed by atoms with Crippen LogP contribution in [0.5, 0.6) is 11.5 Å². The molecular formula is C72H34F4N6O12S4. The molecule has 2 aliphatic heterocycles. The highest BCUT2D eigenvalue weighted by molar-refractivity contribution is 7.35. The van der Waals surface area contributed by atoms with E-state index in [9.17, 15) is 39.4 Å². The van der Waals surface area contributed by atoms with Crippen LogP contribution in [0.1, 0.15) is 65.2 Å². The highest BCUT2D eigenvalue weighted by Gasteiger charge is 2.62. The average molecular weight is 1380 g/mol. The fourth-order valence-corrected chi connectivity index (χ4v) is 16.5. The van der Waals surface area contributed by atoms with Crippen LogP contribution in [0.4, 0.5) is 27.6 Å². The van der Waals surface area contributed by atoms with Crippen molar-refractivity contribution < 1.29 is 74.8 Å². The summed E-state index contributed by atoms with van der Waals surface area (Å²) in [7, 11) is 0. The van der Waals surface area contributed by atoms with Crippen molar-refractivity contribution in [3.05, 3.63) is 248 Å². The Morgan fingerprint density at radius 2 is 0.694 bits per heavy atom. The Bertz CT molecular complexity index is 5000. The highest BCUT2D eigenvalue weighted by Crippen LogP contribution is 2.66. The van der Waals surface area contributed by atoms with Crippen LogP contribution < -0.4 is 9.47 Å². The second-order valence-electron chi connectivity index (χ2n) is 21.8. The molecule has 0 unspecified atom stereocenters. The predicted molar refractivity (Wildman–Crippen MR) is 348 cm³/mol. The molecule has 6 aromatic carbocycles. The van der Waals surface area contributed by atoms with Crippen molar-refractivity contribution in [3.63, 3.8) is 0 Å². The quantitative estimate of drug-likeness (QED) is 0.0321. The summed E-state index contributed by atoms with van der Waals surface area (Å²) in [5, 5.41) is 40.4. The number of carbonyl (C=O) groups is 6. The molecule has 98 heavy (non-hydrogen) atoms. The summed E-state index contributed by atoms with van der Waals surface area (Å²) in [5.41, 5.74) is -9.62. The summed E-state index contributed by atoms with van der Waals surface area (Å²) < 4.78 is 98.1. The number of esters is 4. The number of hydrogen-bond acceptors (Lipinski definition) is 22. The Morgan fingerprint density at radius 3 is 0.980 bits per heavy atom. The van der Waals surface area contributed by atoms with E-state index in [2.05, 4.69) is 9.98 Å². The van der Waals surface area contributed by atoms with E-state index >= 15 is 28.0 Å². The first-order valence-electron chi connectivity index (χ1n) is 29.0. The molecule has 0 spiro atoms. The Kier molecular flexibility index (Phi) is 16.2. The topological polar surface area (TPSA) is 278 Å². The zero-order chi connectivity index (χ0) is 68.3. The van der Waals surface area contributed by atoms with Gasteiger partial charge in [0.05, 0.1) is 28.9 Å². The summed E-state index contributed by atoms with van der Waals surface area (Å²) in [5.74, 6) is -13.5. The zero-order valence-electron chi connectivity index (χ0n) is 49.6. The van der Waals surface area contributed by atoms with Gasteiger partial charge >= 0.3 is 35.1 Å². The number of Topliss-reactive ketones (excluding diaryl/α,β-unsaturated/α-hetero) is 2. The van der Waals surface area contributed by atoms with E-state index in [1.54, 1.807) is 146 Å². The van der Waals surface area contributed by atoms with Crippen LogP contribution in [0.2, 0.25) is 0 Å². The smallest absolute Gasteiger partial charge is 0.367 e. The summed E-state index contributed by atoms with van der Waals surface area (Å²) >= 11 is 3.32. The number of fused-ring (bicyclic) bond motifs is 11. The van der Waals surface area contributed by atoms with Crippen LogP contribution in [0.3, 0.4) is 0 Å². The molecule has 0 saturated heterocycles. The van der Waals surface area contributed by atoms with E-state index in [0.29, 0.717) is 46.5 Å². The van der Waals surface area contributed by atoms with Gasteiger partial charge < -0.3 is 28.4 Å². The van der Waals surface area contributed by atoms with E-state index in [4.69, 9.17) is 28.4 Å². The fourth-order valence-electron chi connectivity index (χ4n) is 11.4. The first-order chi connectivity index (χ1) is 47.5. The van der Waals surface area contributed by atoms with Crippen LogP contribution in [-0.2, 0) is 75.8 Å². The number of hydrogen-bond donors (Lipinski definition) is 0. The lowest BCUT2D eigenvalue weighted by Crippen LogP contribution is -2.52. The number of thiophene rings is 4. The molecule has 10 aromatic rings. The molecule has 0 amide bonds. The lowest BCUT2D eigenvalue weighted by atomic mass is 9.90. The van der Waals surface area contributed by atoms with Gasteiger partial charge in [0.15, 0.2) is 34.8 Å². The van der Waals surface area contributed by atoms with E-state index in [1.807, 2.05) is 0 Å². The number of benzene rings is 6. The number of rotatable bonds is 14. The molecule has 0 saturated carbocycles. The van der Waals surface area contributed by atoms with Gasteiger partial charge in [-0.3, -0.25) is 9.59 Å². The Labute approximate surface area is 565 Å². The maximum absolute atomic E-state index is 15.6. The van der Waals surface area contributed by atoms with Crippen LogP contribution in [-0.4, -0.2) is 46.9 Å². The second-order valence-corrected chi connectivity index (χ2v) is 25.9. The third kappa shape index (κ3) is 10.5. The lowest BCUT2D eigenvalue weighted by molar-refractivity contribution is -0.185. The third-order valence-corrected chi connectivity index (χ3v) is 20.9. The van der Waals surface area contributed by atoms with Crippen molar-refractivity contribution in [1.29, 1.82) is 21.0 Å². The predicted octanol–water partition coefficient (Wildman–Crippen LogP) is 14.7. The molecule has 0 atom stereocenters. The molecule has 4 aliphatic rings. The molecule has 0 N–H and O–H groups in total. The molecule has 0 radical (unpaired) electrons. The second kappa shape index (κ2) is 25.1. The standard InChI is InChI=1S/C72H34F4N6O12S4/c73-47-21-41-43(23-49(47)75)57(83)55(53(41)39(27-77)28-78)81-51-25-45-61(95-51)63-59(93-71(45,67(85)89-31-35-13-5-1-6-14-35)68(86)90-32-36-15-7-2-8-16-36)65-66(97-63)60-64(98-65)62-46(26-52(96-62)82-56-54(40(29-79)30-80)42-22-48(74)50(76)24-44(42)58(56)84)72(94-60,69(87)91-33-37-17-9-3-10-18-37)70(88)92-34-38-19-11-4-12-20-38/h1-26H,31-34H2. The molecule has 14 rings (SSSR count). The molecule has 6 heterocycles. The first kappa shape index (κ1) is 63.1. The summed E-state index contributed by atoms with van der Waals surface area (Å²) in [6.45, 7) is -1.76. The number of aliphatic imine (C=N–C) groups is 2. The first-order valence-corrected chi connectivity index (χ1v) is 32.2. The Balaban J connectivity index is 1.01. The molecule has 0 fully saturated rings. The average Bonchev–Trinajstić information content (AvgIpc) is 1.51.